The van der Waals surface area contributed by atoms with Crippen LogP contribution < -0.4 is 4.90 Å². The van der Waals surface area contributed by atoms with Crippen molar-refractivity contribution in [1.29, 1.82) is 0 Å². The molecular formula is C23H22N4O. The highest BCUT2D eigenvalue weighted by Crippen LogP contribution is 2.29. The molecular weight excluding hydrogens is 348 g/mol. The van der Waals surface area contributed by atoms with E-state index < -0.39 is 0 Å². The van der Waals surface area contributed by atoms with Gasteiger partial charge in [-0.05, 0) is 41.8 Å². The first-order chi connectivity index (χ1) is 13.9. The zero-order valence-corrected chi connectivity index (χ0v) is 15.6. The lowest BCUT2D eigenvalue weighted by atomic mass is 10.0. The summed E-state index contributed by atoms with van der Waals surface area (Å²) in [6, 6.07) is 21.2. The van der Waals surface area contributed by atoms with Crippen molar-refractivity contribution in [2.24, 2.45) is 0 Å². The van der Waals surface area contributed by atoms with Crippen molar-refractivity contribution in [3.05, 3.63) is 78.0 Å². The molecule has 5 rings (SSSR count). The van der Waals surface area contributed by atoms with Crippen LogP contribution in [0, 0.1) is 0 Å². The Labute approximate surface area is 164 Å². The monoisotopic (exact) mass is 370 g/mol. The molecule has 2 aromatic heterocycles. The van der Waals surface area contributed by atoms with E-state index in [1.807, 2.05) is 12.3 Å². The number of pyridine rings is 1. The molecule has 1 saturated heterocycles. The number of ether oxygens (including phenoxy) is 1. The van der Waals surface area contributed by atoms with Crippen LogP contribution in [0.1, 0.15) is 11.1 Å². The van der Waals surface area contributed by atoms with Crippen molar-refractivity contribution < 1.29 is 4.74 Å². The summed E-state index contributed by atoms with van der Waals surface area (Å²) in [4.78, 5) is 6.83. The predicted octanol–water partition coefficient (Wildman–Crippen LogP) is 4.05. The first-order valence-electron chi connectivity index (χ1n) is 9.67. The Morgan fingerprint density at radius 3 is 2.64 bits per heavy atom. The third-order valence-corrected chi connectivity index (χ3v) is 5.23. The average molecular weight is 370 g/mol. The van der Waals surface area contributed by atoms with E-state index in [0.717, 1.165) is 60.7 Å². The van der Waals surface area contributed by atoms with Gasteiger partial charge in [-0.1, -0.05) is 36.4 Å². The minimum absolute atomic E-state index is 0.750. The smallest absolute Gasteiger partial charge is 0.129 e. The average Bonchev–Trinajstić information content (AvgIpc) is 3.18. The molecule has 5 nitrogen and oxygen atoms in total. The highest BCUT2D eigenvalue weighted by atomic mass is 16.5. The number of nitrogens with zero attached hydrogens (tertiary/aromatic N) is 3. The van der Waals surface area contributed by atoms with Crippen LogP contribution in [0.5, 0.6) is 0 Å². The van der Waals surface area contributed by atoms with E-state index in [1.54, 1.807) is 0 Å². The third-order valence-electron chi connectivity index (χ3n) is 5.23. The predicted molar refractivity (Wildman–Crippen MR) is 112 cm³/mol. The maximum Gasteiger partial charge on any atom is 0.129 e. The van der Waals surface area contributed by atoms with Crippen molar-refractivity contribution in [1.82, 2.24) is 15.2 Å². The van der Waals surface area contributed by atoms with Crippen LogP contribution in [0.2, 0.25) is 0 Å². The van der Waals surface area contributed by atoms with Crippen LogP contribution in [0.4, 0.5) is 5.82 Å². The number of hydrogen-bond acceptors (Lipinski definition) is 4. The Bertz CT molecular complexity index is 1080. The standard InChI is InChI=1S/C23H22N4O/c1-2-4-17(5-3-1)14-18-6-7-21-20(15-18)23(26-25-21)19-8-9-24-22(16-19)27-10-12-28-13-11-27/h1-9,15-16H,10-14H2,(H,25,26). The minimum atomic E-state index is 0.750. The molecule has 0 radical (unpaired) electrons. The SMILES string of the molecule is c1ccc(Cc2ccc3[nH]nc(-c4ccnc(N5CCOCC5)c4)c3c2)cc1. The summed E-state index contributed by atoms with van der Waals surface area (Å²) in [5.41, 5.74) is 5.70. The van der Waals surface area contributed by atoms with E-state index in [-0.39, 0.29) is 0 Å². The molecule has 2 aromatic carbocycles. The zero-order chi connectivity index (χ0) is 18.8. The molecule has 4 aromatic rings. The first kappa shape index (κ1) is 17.0. The second-order valence-corrected chi connectivity index (χ2v) is 7.12. The molecule has 0 amide bonds. The molecule has 0 saturated carbocycles. The third kappa shape index (κ3) is 3.37. The van der Waals surface area contributed by atoms with Gasteiger partial charge in [0, 0.05) is 30.2 Å². The Morgan fingerprint density at radius 2 is 1.79 bits per heavy atom. The molecule has 0 spiro atoms. The van der Waals surface area contributed by atoms with Crippen molar-refractivity contribution in [3.63, 3.8) is 0 Å². The van der Waals surface area contributed by atoms with Crippen LogP contribution in [0.3, 0.4) is 0 Å². The lowest BCUT2D eigenvalue weighted by Crippen LogP contribution is -2.36. The number of aromatic amines is 1. The highest BCUT2D eigenvalue weighted by molar-refractivity contribution is 5.93. The van der Waals surface area contributed by atoms with Gasteiger partial charge in [0.1, 0.15) is 11.5 Å². The minimum Gasteiger partial charge on any atom is -0.378 e. The molecule has 0 bridgehead atoms. The Hall–Kier alpha value is -3.18. The number of benzene rings is 2. The number of aromatic nitrogens is 3. The van der Waals surface area contributed by atoms with Gasteiger partial charge in [-0.2, -0.15) is 5.10 Å². The van der Waals surface area contributed by atoms with E-state index in [2.05, 4.69) is 74.7 Å². The fourth-order valence-corrected chi connectivity index (χ4v) is 3.75. The molecule has 1 aliphatic heterocycles. The Balaban J connectivity index is 1.49. The van der Waals surface area contributed by atoms with Crippen LogP contribution in [-0.2, 0) is 11.2 Å². The number of fused-ring (bicyclic) bond motifs is 1. The van der Waals surface area contributed by atoms with Gasteiger partial charge in [-0.15, -0.1) is 0 Å². The second kappa shape index (κ2) is 7.44. The molecule has 5 heteroatoms. The maximum absolute atomic E-state index is 5.46. The molecule has 1 fully saturated rings. The topological polar surface area (TPSA) is 54.0 Å². The van der Waals surface area contributed by atoms with Crippen LogP contribution >= 0.6 is 0 Å². The molecule has 1 aliphatic rings. The summed E-state index contributed by atoms with van der Waals surface area (Å²) in [5, 5.41) is 8.92. The lowest BCUT2D eigenvalue weighted by Gasteiger charge is -2.27. The van der Waals surface area contributed by atoms with E-state index in [0.29, 0.717) is 0 Å². The van der Waals surface area contributed by atoms with Gasteiger partial charge in [-0.3, -0.25) is 5.10 Å². The molecule has 1 N–H and O–H groups in total. The van der Waals surface area contributed by atoms with Gasteiger partial charge >= 0.3 is 0 Å². The second-order valence-electron chi connectivity index (χ2n) is 7.12. The quantitative estimate of drug-likeness (QED) is 0.589. The van der Waals surface area contributed by atoms with Crippen molar-refractivity contribution in [3.8, 4) is 11.3 Å². The fraction of sp³-hybridized carbons (Fsp3) is 0.217. The molecule has 0 atom stereocenters. The zero-order valence-electron chi connectivity index (χ0n) is 15.6. The van der Waals surface area contributed by atoms with Gasteiger partial charge in [0.2, 0.25) is 0 Å². The molecule has 0 aliphatic carbocycles. The number of hydrogen-bond donors (Lipinski definition) is 1. The number of anilines is 1. The number of rotatable bonds is 4. The molecule has 0 unspecified atom stereocenters. The largest absolute Gasteiger partial charge is 0.378 e. The number of morpholine rings is 1. The van der Waals surface area contributed by atoms with Crippen molar-refractivity contribution in [2.45, 2.75) is 6.42 Å². The highest BCUT2D eigenvalue weighted by Gasteiger charge is 2.15. The molecule has 140 valence electrons. The summed E-state index contributed by atoms with van der Waals surface area (Å²) in [7, 11) is 0. The normalized spacial score (nSPS) is 14.5. The van der Waals surface area contributed by atoms with Gasteiger partial charge < -0.3 is 9.64 Å². The van der Waals surface area contributed by atoms with E-state index >= 15 is 0 Å². The van der Waals surface area contributed by atoms with Gasteiger partial charge in [-0.25, -0.2) is 4.98 Å². The summed E-state index contributed by atoms with van der Waals surface area (Å²) in [6.45, 7) is 3.25. The summed E-state index contributed by atoms with van der Waals surface area (Å²) < 4.78 is 5.46. The summed E-state index contributed by atoms with van der Waals surface area (Å²) >= 11 is 0. The van der Waals surface area contributed by atoms with E-state index in [4.69, 9.17) is 4.74 Å². The van der Waals surface area contributed by atoms with Gasteiger partial charge in [0.15, 0.2) is 0 Å². The lowest BCUT2D eigenvalue weighted by molar-refractivity contribution is 0.122. The number of H-pyrrole nitrogens is 1. The van der Waals surface area contributed by atoms with Crippen LogP contribution in [0.25, 0.3) is 22.2 Å². The number of nitrogens with one attached hydrogen (secondary N) is 1. The van der Waals surface area contributed by atoms with Gasteiger partial charge in [0.25, 0.3) is 0 Å². The van der Waals surface area contributed by atoms with Crippen LogP contribution in [0.15, 0.2) is 66.9 Å². The molecule has 28 heavy (non-hydrogen) atoms. The summed E-state index contributed by atoms with van der Waals surface area (Å²) in [5.74, 6) is 0.984. The van der Waals surface area contributed by atoms with E-state index in [1.165, 1.54) is 11.1 Å². The van der Waals surface area contributed by atoms with Crippen molar-refractivity contribution >= 4 is 16.7 Å². The maximum atomic E-state index is 5.46. The first-order valence-corrected chi connectivity index (χ1v) is 9.67. The Kier molecular flexibility index (Phi) is 4.51. The summed E-state index contributed by atoms with van der Waals surface area (Å²) in [6.07, 6.45) is 2.78. The molecule has 3 heterocycles. The van der Waals surface area contributed by atoms with Crippen molar-refractivity contribution in [2.75, 3.05) is 31.2 Å². The van der Waals surface area contributed by atoms with E-state index in [9.17, 15) is 0 Å². The van der Waals surface area contributed by atoms with Gasteiger partial charge in [0.05, 0.1) is 18.7 Å². The van der Waals surface area contributed by atoms with Crippen LogP contribution in [-0.4, -0.2) is 41.5 Å². The fourth-order valence-electron chi connectivity index (χ4n) is 3.75. The Morgan fingerprint density at radius 1 is 0.929 bits per heavy atom.